The van der Waals surface area contributed by atoms with Crippen LogP contribution in [0, 0.1) is 11.7 Å². The predicted molar refractivity (Wildman–Crippen MR) is 147 cm³/mol. The van der Waals surface area contributed by atoms with Gasteiger partial charge in [0.15, 0.2) is 0 Å². The highest BCUT2D eigenvalue weighted by Crippen LogP contribution is 2.41. The zero-order valence-electron chi connectivity index (χ0n) is 21.7. The molecule has 0 radical (unpaired) electrons. The number of likely N-dealkylation sites (N-methyl/N-ethyl adjacent to an activating group) is 1. The molecule has 1 aliphatic rings. The molecule has 3 aromatic carbocycles. The maximum atomic E-state index is 14.2. The first-order valence-electron chi connectivity index (χ1n) is 12.8. The third kappa shape index (κ3) is 5.81. The maximum absolute atomic E-state index is 14.2. The molecular weight excluding hydrogens is 485 g/mol. The molecule has 1 fully saturated rings. The molecule has 0 aromatic heterocycles. The fourth-order valence-corrected chi connectivity index (χ4v) is 5.34. The molecule has 4 rings (SSSR count). The highest BCUT2D eigenvalue weighted by molar-refractivity contribution is 5.99. The first kappa shape index (κ1) is 27.1. The second-order valence-corrected chi connectivity index (χ2v) is 9.60. The first-order chi connectivity index (χ1) is 18.3. The number of carboxylic acid groups (broad SMARTS) is 1. The van der Waals surface area contributed by atoms with Gasteiger partial charge in [-0.15, -0.1) is 6.04 Å². The van der Waals surface area contributed by atoms with Crippen LogP contribution in [-0.4, -0.2) is 43.7 Å². The third-order valence-corrected chi connectivity index (χ3v) is 7.34. The van der Waals surface area contributed by atoms with E-state index in [0.29, 0.717) is 35.0 Å². The number of halogens is 1. The van der Waals surface area contributed by atoms with Gasteiger partial charge in [0.05, 0.1) is 23.9 Å². The van der Waals surface area contributed by atoms with Crippen LogP contribution in [0.25, 0.3) is 16.4 Å². The average molecular weight is 519 g/mol. The summed E-state index contributed by atoms with van der Waals surface area (Å²) >= 11 is 0. The van der Waals surface area contributed by atoms with E-state index in [-0.39, 0.29) is 17.2 Å². The fourth-order valence-electron chi connectivity index (χ4n) is 5.34. The number of amides is 1. The van der Waals surface area contributed by atoms with E-state index < -0.39 is 17.7 Å². The van der Waals surface area contributed by atoms with Gasteiger partial charge in [-0.05, 0) is 35.9 Å². The minimum atomic E-state index is -1.12. The van der Waals surface area contributed by atoms with Gasteiger partial charge < -0.3 is 25.8 Å². The number of rotatable bonds is 10. The summed E-state index contributed by atoms with van der Waals surface area (Å²) in [7, 11) is 3.32. The monoisotopic (exact) mass is 518 g/mol. The van der Waals surface area contributed by atoms with E-state index in [1.807, 2.05) is 42.3 Å². The highest BCUT2D eigenvalue weighted by atomic mass is 19.1. The Morgan fingerprint density at radius 1 is 1.08 bits per heavy atom. The van der Waals surface area contributed by atoms with Crippen LogP contribution >= 0.6 is 0 Å². The number of hydrogen-bond donors (Lipinski definition) is 2. The van der Waals surface area contributed by atoms with Crippen molar-refractivity contribution in [3.05, 3.63) is 82.9 Å². The SMILES string of the molecule is C[N-][C@@H](CN(c1ccccc1)c1cc(OC)c(-c2ccc(F)c(C(N)=O)c2)cc1C(=O)O)C1CCCCC1. The third-order valence-electron chi connectivity index (χ3n) is 7.34. The van der Waals surface area contributed by atoms with E-state index in [0.717, 1.165) is 24.6 Å². The zero-order chi connectivity index (χ0) is 27.2. The molecule has 8 heteroatoms. The lowest BCUT2D eigenvalue weighted by atomic mass is 9.83. The van der Waals surface area contributed by atoms with Crippen molar-refractivity contribution in [3.8, 4) is 16.9 Å². The minimum absolute atomic E-state index is 0.0260. The Bertz CT molecular complexity index is 1290. The number of carbonyl (C=O) groups excluding carboxylic acids is 1. The van der Waals surface area contributed by atoms with Gasteiger partial charge in [-0.2, -0.15) is 7.05 Å². The lowest BCUT2D eigenvalue weighted by Gasteiger charge is -2.42. The summed E-state index contributed by atoms with van der Waals surface area (Å²) < 4.78 is 19.8. The molecule has 0 unspecified atom stereocenters. The average Bonchev–Trinajstić information content (AvgIpc) is 2.94. The molecule has 3 N–H and O–H groups in total. The topological polar surface area (TPSA) is 107 Å². The van der Waals surface area contributed by atoms with Crippen molar-refractivity contribution in [2.45, 2.75) is 38.1 Å². The van der Waals surface area contributed by atoms with Gasteiger partial charge in [0.2, 0.25) is 0 Å². The summed E-state index contributed by atoms with van der Waals surface area (Å²) in [4.78, 5) is 26.3. The molecule has 7 nitrogen and oxygen atoms in total. The van der Waals surface area contributed by atoms with Gasteiger partial charge in [0, 0.05) is 23.9 Å². The molecule has 200 valence electrons. The highest BCUT2D eigenvalue weighted by Gasteiger charge is 2.26. The van der Waals surface area contributed by atoms with Crippen molar-refractivity contribution >= 4 is 23.3 Å². The molecule has 0 bridgehead atoms. The number of ether oxygens (including phenoxy) is 1. The van der Waals surface area contributed by atoms with E-state index in [2.05, 4.69) is 0 Å². The lowest BCUT2D eigenvalue weighted by molar-refractivity contribution is 0.0697. The Hall–Kier alpha value is -3.91. The molecule has 0 aliphatic heterocycles. The van der Waals surface area contributed by atoms with Crippen molar-refractivity contribution in [2.24, 2.45) is 11.7 Å². The van der Waals surface area contributed by atoms with Crippen LogP contribution in [0.1, 0.15) is 52.8 Å². The van der Waals surface area contributed by atoms with Crippen LogP contribution in [0.5, 0.6) is 5.75 Å². The summed E-state index contributed by atoms with van der Waals surface area (Å²) in [6.07, 6.45) is 5.79. The molecule has 1 saturated carbocycles. The Labute approximate surface area is 222 Å². The molecule has 1 atom stereocenters. The summed E-state index contributed by atoms with van der Waals surface area (Å²) in [6, 6.07) is 16.8. The molecule has 1 aliphatic carbocycles. The van der Waals surface area contributed by atoms with E-state index in [1.165, 1.54) is 44.6 Å². The molecule has 1 amide bonds. The number of aromatic carboxylic acids is 1. The van der Waals surface area contributed by atoms with E-state index in [9.17, 15) is 19.1 Å². The molecule has 0 heterocycles. The van der Waals surface area contributed by atoms with Crippen LogP contribution < -0.4 is 15.4 Å². The summed E-state index contributed by atoms with van der Waals surface area (Å²) in [6.45, 7) is 0.510. The Morgan fingerprint density at radius 2 is 1.79 bits per heavy atom. The molecular formula is C30H33FN3O4-. The van der Waals surface area contributed by atoms with Gasteiger partial charge in [-0.3, -0.25) is 4.79 Å². The number of nitrogens with zero attached hydrogens (tertiary/aromatic N) is 2. The first-order valence-corrected chi connectivity index (χ1v) is 12.8. The van der Waals surface area contributed by atoms with Gasteiger partial charge in [0.25, 0.3) is 5.91 Å². The van der Waals surface area contributed by atoms with Crippen LogP contribution in [-0.2, 0) is 0 Å². The Balaban J connectivity index is 1.85. The van der Waals surface area contributed by atoms with Crippen molar-refractivity contribution < 1.29 is 23.8 Å². The van der Waals surface area contributed by atoms with Crippen molar-refractivity contribution in [3.63, 3.8) is 0 Å². The Morgan fingerprint density at radius 3 is 2.39 bits per heavy atom. The van der Waals surface area contributed by atoms with Crippen molar-refractivity contribution in [1.29, 1.82) is 0 Å². The largest absolute Gasteiger partial charge is 0.661 e. The van der Waals surface area contributed by atoms with E-state index >= 15 is 0 Å². The fraction of sp³-hybridized carbons (Fsp3) is 0.333. The quantitative estimate of drug-likeness (QED) is 0.323. The van der Waals surface area contributed by atoms with E-state index in [1.54, 1.807) is 6.07 Å². The van der Waals surface area contributed by atoms with Crippen LogP contribution in [0.4, 0.5) is 15.8 Å². The zero-order valence-corrected chi connectivity index (χ0v) is 21.7. The minimum Gasteiger partial charge on any atom is -0.661 e. The number of para-hydroxylation sites is 1. The lowest BCUT2D eigenvalue weighted by Crippen LogP contribution is -2.35. The molecule has 0 saturated heterocycles. The van der Waals surface area contributed by atoms with Gasteiger partial charge in [-0.1, -0.05) is 62.3 Å². The van der Waals surface area contributed by atoms with Crippen LogP contribution in [0.3, 0.4) is 0 Å². The predicted octanol–water partition coefficient (Wildman–Crippen LogP) is 6.39. The number of carboxylic acids is 1. The summed E-state index contributed by atoms with van der Waals surface area (Å²) in [5.41, 5.74) is 7.24. The summed E-state index contributed by atoms with van der Waals surface area (Å²) in [5, 5.41) is 15.0. The maximum Gasteiger partial charge on any atom is 0.337 e. The number of hydrogen-bond acceptors (Lipinski definition) is 4. The smallest absolute Gasteiger partial charge is 0.337 e. The van der Waals surface area contributed by atoms with Crippen LogP contribution in [0.2, 0.25) is 0 Å². The van der Waals surface area contributed by atoms with Crippen molar-refractivity contribution in [2.75, 3.05) is 25.6 Å². The summed E-state index contributed by atoms with van der Waals surface area (Å²) in [5.74, 6) is -1.96. The number of methoxy groups -OCH3 is 1. The van der Waals surface area contributed by atoms with Crippen molar-refractivity contribution in [1.82, 2.24) is 0 Å². The standard InChI is InChI=1S/C30H33FN3O4/c1-33-26(19-9-5-3-6-10-19)18-34(21-11-7-4-8-12-21)27-17-28(38-2)22(16-24(27)30(36)37)20-13-14-25(31)23(15-20)29(32)35/h4,7-8,11-17,19,26H,3,5-6,9-10,18H2,1-2H3,(H2,32,35)(H,36,37)/q-1/t26-/m0/s1. The number of carbonyl (C=O) groups is 2. The van der Waals surface area contributed by atoms with E-state index in [4.69, 9.17) is 15.8 Å². The number of anilines is 2. The Kier molecular flexibility index (Phi) is 8.63. The van der Waals surface area contributed by atoms with Gasteiger partial charge >= 0.3 is 5.97 Å². The molecule has 0 spiro atoms. The van der Waals surface area contributed by atoms with Gasteiger partial charge in [0.1, 0.15) is 11.6 Å². The normalized spacial score (nSPS) is 14.6. The number of benzene rings is 3. The molecule has 3 aromatic rings. The second-order valence-electron chi connectivity index (χ2n) is 9.60. The van der Waals surface area contributed by atoms with Gasteiger partial charge in [-0.25, -0.2) is 9.18 Å². The molecule has 38 heavy (non-hydrogen) atoms. The number of primary amides is 1. The second kappa shape index (κ2) is 12.1. The van der Waals surface area contributed by atoms with Crippen LogP contribution in [0.15, 0.2) is 60.7 Å². The number of nitrogens with two attached hydrogens (primary N) is 1.